The normalized spacial score (nSPS) is 11.2. The zero-order chi connectivity index (χ0) is 29.7. The van der Waals surface area contributed by atoms with Crippen molar-refractivity contribution in [3.05, 3.63) is 53.6 Å². The Labute approximate surface area is 263 Å². The molecule has 0 heterocycles. The van der Waals surface area contributed by atoms with Crippen molar-refractivity contribution in [3.8, 4) is 0 Å². The molecule has 1 unspecified atom stereocenters. The van der Waals surface area contributed by atoms with Crippen LogP contribution in [0.5, 0.6) is 0 Å². The summed E-state index contributed by atoms with van der Waals surface area (Å²) in [6.45, 7) is 14.1. The zero-order valence-electron chi connectivity index (χ0n) is 25.6. The predicted molar refractivity (Wildman–Crippen MR) is 175 cm³/mol. The van der Waals surface area contributed by atoms with Crippen molar-refractivity contribution in [1.29, 1.82) is 0 Å². The summed E-state index contributed by atoms with van der Waals surface area (Å²) in [5.74, 6) is -0.283. The monoisotopic (exact) mass is 626 g/mol. The third-order valence-electron chi connectivity index (χ3n) is 6.26. The highest BCUT2D eigenvalue weighted by Crippen LogP contribution is 2.34. The summed E-state index contributed by atoms with van der Waals surface area (Å²) >= 11 is 0. The fourth-order valence-corrected chi connectivity index (χ4v) is 4.37. The van der Waals surface area contributed by atoms with Crippen LogP contribution in [0.4, 0.5) is 21.9 Å². The number of nitrogens with one attached hydrogen (secondary N) is 2. The van der Waals surface area contributed by atoms with E-state index in [2.05, 4.69) is 43.2 Å². The number of esters is 2. The molecule has 4 N–H and O–H groups in total. The summed E-state index contributed by atoms with van der Waals surface area (Å²) in [5, 5.41) is 5.97. The van der Waals surface area contributed by atoms with Gasteiger partial charge in [-0.3, -0.25) is 9.59 Å². The molecule has 236 valence electrons. The zero-order valence-corrected chi connectivity index (χ0v) is 27.2. The van der Waals surface area contributed by atoms with Crippen LogP contribution in [0.25, 0.3) is 0 Å². The third-order valence-corrected chi connectivity index (χ3v) is 6.26. The number of hydrogen-bond donors (Lipinski definition) is 3. The minimum absolute atomic E-state index is 0. The molecule has 2 aromatic rings. The summed E-state index contributed by atoms with van der Waals surface area (Å²) in [5.41, 5.74) is 9.64. The molecule has 0 aliphatic carbocycles. The number of nitrogens with zero attached hydrogens (tertiary/aromatic N) is 1. The van der Waals surface area contributed by atoms with Crippen LogP contribution in [-0.4, -0.2) is 44.4 Å². The Bertz CT molecular complexity index is 1100. The first-order valence-corrected chi connectivity index (χ1v) is 14.1. The van der Waals surface area contributed by atoms with Gasteiger partial charge >= 0.3 is 18.0 Å². The molecule has 2 aromatic carbocycles. The molecule has 0 aromatic heterocycles. The SMILES string of the molecule is CCC(CC(=O)OCOC(=O)CCN)c1ccc(N(CC(C)C)CC(C)C)c(NC(=O)Nc2ccc(C)cc2)c1.Cl.Cl. The quantitative estimate of drug-likeness (QED) is 0.145. The number of rotatable bonds is 15. The Hall–Kier alpha value is -3.01. The highest BCUT2D eigenvalue weighted by Gasteiger charge is 2.21. The van der Waals surface area contributed by atoms with Gasteiger partial charge in [-0.15, -0.1) is 24.8 Å². The first kappa shape index (κ1) is 39.0. The molecule has 0 fully saturated rings. The Morgan fingerprint density at radius 2 is 1.48 bits per heavy atom. The van der Waals surface area contributed by atoms with Gasteiger partial charge in [-0.05, 0) is 60.9 Å². The highest BCUT2D eigenvalue weighted by atomic mass is 35.5. The number of urea groups is 1. The lowest BCUT2D eigenvalue weighted by atomic mass is 9.92. The summed E-state index contributed by atoms with van der Waals surface area (Å²) in [6.07, 6.45) is 0.860. The molecule has 2 amide bonds. The minimum atomic E-state index is -0.509. The summed E-state index contributed by atoms with van der Waals surface area (Å²) in [7, 11) is 0. The molecule has 0 aliphatic heterocycles. The molecule has 0 radical (unpaired) electrons. The Morgan fingerprint density at radius 1 is 0.881 bits per heavy atom. The molecule has 0 saturated carbocycles. The van der Waals surface area contributed by atoms with Crippen molar-refractivity contribution >= 4 is 59.8 Å². The lowest BCUT2D eigenvalue weighted by molar-refractivity contribution is -0.167. The molecular formula is C31H48Cl2N4O5. The van der Waals surface area contributed by atoms with E-state index < -0.39 is 18.7 Å². The maximum absolute atomic E-state index is 13.1. The van der Waals surface area contributed by atoms with E-state index in [1.54, 1.807) is 0 Å². The van der Waals surface area contributed by atoms with Crippen LogP contribution < -0.4 is 21.3 Å². The molecule has 11 heteroatoms. The first-order chi connectivity index (χ1) is 19.0. The van der Waals surface area contributed by atoms with Crippen molar-refractivity contribution in [2.75, 3.05) is 42.0 Å². The summed E-state index contributed by atoms with van der Waals surface area (Å²) < 4.78 is 10.00. The van der Waals surface area contributed by atoms with Crippen LogP contribution in [-0.2, 0) is 19.1 Å². The van der Waals surface area contributed by atoms with Crippen molar-refractivity contribution in [3.63, 3.8) is 0 Å². The molecule has 1 atom stereocenters. The van der Waals surface area contributed by atoms with E-state index in [-0.39, 0.29) is 56.1 Å². The number of hydrogen-bond acceptors (Lipinski definition) is 7. The van der Waals surface area contributed by atoms with Crippen LogP contribution in [0.3, 0.4) is 0 Å². The first-order valence-electron chi connectivity index (χ1n) is 14.1. The second-order valence-corrected chi connectivity index (χ2v) is 10.9. The van der Waals surface area contributed by atoms with E-state index in [1.807, 2.05) is 56.3 Å². The largest absolute Gasteiger partial charge is 0.428 e. The van der Waals surface area contributed by atoms with Crippen LogP contribution in [0.15, 0.2) is 42.5 Å². The standard InChI is InChI=1S/C31H46N4O5.2ClH/c1-7-24(17-30(37)40-20-39-29(36)14-15-32)25-10-13-28(35(18-21(2)3)19-22(4)5)27(16-25)34-31(38)33-26-11-8-23(6)9-12-26;;/h8-13,16,21-22,24H,7,14-15,17-20,32H2,1-6H3,(H2,33,34,38);2*1H. The molecular weight excluding hydrogens is 579 g/mol. The van der Waals surface area contributed by atoms with E-state index in [0.717, 1.165) is 29.9 Å². The van der Waals surface area contributed by atoms with Gasteiger partial charge in [-0.1, -0.05) is 58.4 Å². The summed E-state index contributed by atoms with van der Waals surface area (Å²) in [4.78, 5) is 39.3. The van der Waals surface area contributed by atoms with Gasteiger partial charge in [0.05, 0.1) is 24.2 Å². The van der Waals surface area contributed by atoms with Gasteiger partial charge in [0.1, 0.15) is 0 Å². The second kappa shape index (κ2) is 20.0. The molecule has 9 nitrogen and oxygen atoms in total. The van der Waals surface area contributed by atoms with Crippen molar-refractivity contribution in [2.24, 2.45) is 17.6 Å². The van der Waals surface area contributed by atoms with E-state index in [1.165, 1.54) is 0 Å². The lowest BCUT2D eigenvalue weighted by Crippen LogP contribution is -2.32. The number of nitrogens with two attached hydrogens (primary N) is 1. The second-order valence-electron chi connectivity index (χ2n) is 10.9. The number of halogens is 2. The average Bonchev–Trinajstić information content (AvgIpc) is 2.88. The van der Waals surface area contributed by atoms with Crippen molar-refractivity contribution < 1.29 is 23.9 Å². The molecule has 2 rings (SSSR count). The third kappa shape index (κ3) is 13.8. The number of anilines is 3. The van der Waals surface area contributed by atoms with Gasteiger partial charge in [0, 0.05) is 25.3 Å². The smallest absolute Gasteiger partial charge is 0.323 e. The maximum Gasteiger partial charge on any atom is 0.323 e. The van der Waals surface area contributed by atoms with Gasteiger partial charge in [0.15, 0.2) is 0 Å². The van der Waals surface area contributed by atoms with Gasteiger partial charge in [-0.25, -0.2) is 4.79 Å². The van der Waals surface area contributed by atoms with E-state index in [4.69, 9.17) is 15.2 Å². The Kier molecular flexibility index (Phi) is 18.6. The highest BCUT2D eigenvalue weighted by molar-refractivity contribution is 6.02. The fraction of sp³-hybridized carbons (Fsp3) is 0.516. The lowest BCUT2D eigenvalue weighted by Gasteiger charge is -2.31. The van der Waals surface area contributed by atoms with Crippen LogP contribution in [0.2, 0.25) is 0 Å². The number of amides is 2. The van der Waals surface area contributed by atoms with Crippen LogP contribution in [0.1, 0.15) is 70.9 Å². The minimum Gasteiger partial charge on any atom is -0.428 e. The topological polar surface area (TPSA) is 123 Å². The average molecular weight is 628 g/mol. The molecule has 0 bridgehead atoms. The predicted octanol–water partition coefficient (Wildman–Crippen LogP) is 6.88. The Balaban J connectivity index is 0.00000840. The molecule has 0 saturated heterocycles. The van der Waals surface area contributed by atoms with Gasteiger partial charge in [0.2, 0.25) is 6.79 Å². The van der Waals surface area contributed by atoms with Gasteiger partial charge < -0.3 is 30.7 Å². The van der Waals surface area contributed by atoms with Crippen LogP contribution >= 0.6 is 24.8 Å². The Morgan fingerprint density at radius 3 is 2.02 bits per heavy atom. The van der Waals surface area contributed by atoms with E-state index in [0.29, 0.717) is 29.6 Å². The van der Waals surface area contributed by atoms with E-state index in [9.17, 15) is 14.4 Å². The van der Waals surface area contributed by atoms with Crippen molar-refractivity contribution in [2.45, 2.75) is 66.7 Å². The molecule has 0 spiro atoms. The number of benzene rings is 2. The fourth-order valence-electron chi connectivity index (χ4n) is 4.37. The summed E-state index contributed by atoms with van der Waals surface area (Å²) in [6, 6.07) is 13.2. The molecule has 0 aliphatic rings. The number of carbonyl (C=O) groups excluding carboxylic acids is 3. The molecule has 42 heavy (non-hydrogen) atoms. The maximum atomic E-state index is 13.1. The van der Waals surface area contributed by atoms with Gasteiger partial charge in [0.25, 0.3) is 0 Å². The van der Waals surface area contributed by atoms with E-state index >= 15 is 0 Å². The number of ether oxygens (including phenoxy) is 2. The number of aryl methyl sites for hydroxylation is 1. The number of carbonyl (C=O) groups is 3. The van der Waals surface area contributed by atoms with Crippen LogP contribution in [0, 0.1) is 18.8 Å². The van der Waals surface area contributed by atoms with Gasteiger partial charge in [-0.2, -0.15) is 0 Å². The van der Waals surface area contributed by atoms with Crippen molar-refractivity contribution in [1.82, 2.24) is 0 Å².